The van der Waals surface area contributed by atoms with E-state index in [0.29, 0.717) is 28.3 Å². The Balaban J connectivity index is 1.50. The minimum Gasteiger partial charge on any atom is -0.503 e. The predicted octanol–water partition coefficient (Wildman–Crippen LogP) is 5.25. The summed E-state index contributed by atoms with van der Waals surface area (Å²) in [5.41, 5.74) is 2.63. The number of para-hydroxylation sites is 1. The topological polar surface area (TPSA) is 89.2 Å². The third-order valence-electron chi connectivity index (χ3n) is 6.09. The lowest BCUT2D eigenvalue weighted by Crippen LogP contribution is -2.31. The van der Waals surface area contributed by atoms with Gasteiger partial charge in [-0.15, -0.1) is 0 Å². The van der Waals surface area contributed by atoms with Crippen LogP contribution in [0.25, 0.3) is 11.0 Å². The number of Topliss-reactive ketones (excluding diaryl/α,β-unsaturated/α-hetero) is 1. The number of fused-ring (bicyclic) bond motifs is 2. The molecule has 0 aliphatic carbocycles. The van der Waals surface area contributed by atoms with Gasteiger partial charge in [0.2, 0.25) is 12.6 Å². The zero-order valence-electron chi connectivity index (χ0n) is 18.1. The lowest BCUT2D eigenvalue weighted by atomic mass is 9.94. The van der Waals surface area contributed by atoms with Crippen molar-refractivity contribution in [2.45, 2.75) is 13.0 Å². The molecule has 7 nitrogen and oxygen atoms in total. The summed E-state index contributed by atoms with van der Waals surface area (Å²) in [6.45, 7) is 2.02. The molecule has 0 radical (unpaired) electrons. The fraction of sp³-hybridized carbons (Fsp3) is 0.111. The molecule has 1 atom stereocenters. The molecule has 3 aromatic carbocycles. The Morgan fingerprint density at radius 1 is 0.971 bits per heavy atom. The summed E-state index contributed by atoms with van der Waals surface area (Å²) in [6, 6.07) is 20.6. The molecular weight excluding hydrogens is 434 g/mol. The van der Waals surface area contributed by atoms with E-state index >= 15 is 0 Å². The van der Waals surface area contributed by atoms with E-state index in [0.717, 1.165) is 10.9 Å². The first-order valence-electron chi connectivity index (χ1n) is 10.8. The molecule has 0 spiro atoms. The van der Waals surface area contributed by atoms with Crippen molar-refractivity contribution >= 4 is 28.3 Å². The van der Waals surface area contributed by atoms with E-state index < -0.39 is 23.5 Å². The largest absolute Gasteiger partial charge is 0.503 e. The first-order chi connectivity index (χ1) is 16.5. The molecule has 0 saturated heterocycles. The molecule has 168 valence electrons. The van der Waals surface area contributed by atoms with E-state index in [2.05, 4.69) is 0 Å². The van der Waals surface area contributed by atoms with Crippen LogP contribution in [-0.2, 0) is 4.79 Å². The number of rotatable bonds is 4. The zero-order valence-corrected chi connectivity index (χ0v) is 18.1. The number of aliphatic hydroxyl groups is 1. The Bertz CT molecular complexity index is 1480. The van der Waals surface area contributed by atoms with Gasteiger partial charge < -0.3 is 19.0 Å². The molecule has 34 heavy (non-hydrogen) atoms. The van der Waals surface area contributed by atoms with Crippen LogP contribution < -0.4 is 14.4 Å². The number of furan rings is 1. The molecule has 1 amide bonds. The summed E-state index contributed by atoms with van der Waals surface area (Å²) in [4.78, 5) is 28.4. The maximum absolute atomic E-state index is 13.7. The highest BCUT2D eigenvalue weighted by atomic mass is 16.7. The highest BCUT2D eigenvalue weighted by Gasteiger charge is 2.45. The summed E-state index contributed by atoms with van der Waals surface area (Å²) in [5, 5.41) is 11.7. The summed E-state index contributed by atoms with van der Waals surface area (Å²) in [7, 11) is 0. The quantitative estimate of drug-likeness (QED) is 0.425. The summed E-state index contributed by atoms with van der Waals surface area (Å²) >= 11 is 0. The van der Waals surface area contributed by atoms with E-state index in [-0.39, 0.29) is 18.1 Å². The van der Waals surface area contributed by atoms with Gasteiger partial charge in [0, 0.05) is 17.1 Å². The summed E-state index contributed by atoms with van der Waals surface area (Å²) in [5.74, 6) is -0.708. The fourth-order valence-corrected chi connectivity index (χ4v) is 4.52. The molecular formula is C27H19NO6. The highest BCUT2D eigenvalue weighted by molar-refractivity contribution is 6.20. The number of aryl methyl sites for hydroxylation is 1. The van der Waals surface area contributed by atoms with Crippen LogP contribution >= 0.6 is 0 Å². The monoisotopic (exact) mass is 453 g/mol. The third kappa shape index (κ3) is 3.05. The van der Waals surface area contributed by atoms with Gasteiger partial charge in [-0.05, 0) is 36.8 Å². The van der Waals surface area contributed by atoms with Crippen molar-refractivity contribution in [3.8, 4) is 11.5 Å². The van der Waals surface area contributed by atoms with Crippen LogP contribution in [-0.4, -0.2) is 23.6 Å². The number of benzene rings is 3. The molecule has 1 N–H and O–H groups in total. The SMILES string of the molecule is Cc1cccc(C2C(C(=O)c3cc4ccccc4o3)=C(O)C(=O)N2c2ccc3c(c2)OCO3)c1. The van der Waals surface area contributed by atoms with Crippen molar-refractivity contribution in [2.75, 3.05) is 11.7 Å². The third-order valence-corrected chi connectivity index (χ3v) is 6.09. The van der Waals surface area contributed by atoms with Crippen molar-refractivity contribution in [3.63, 3.8) is 0 Å². The number of ketones is 1. The smallest absolute Gasteiger partial charge is 0.294 e. The van der Waals surface area contributed by atoms with Crippen LogP contribution in [0.5, 0.6) is 11.5 Å². The molecule has 6 rings (SSSR count). The number of hydrogen-bond acceptors (Lipinski definition) is 6. The lowest BCUT2D eigenvalue weighted by Gasteiger charge is -2.27. The van der Waals surface area contributed by atoms with E-state index in [9.17, 15) is 14.7 Å². The number of hydrogen-bond donors (Lipinski definition) is 1. The molecule has 0 saturated carbocycles. The predicted molar refractivity (Wildman–Crippen MR) is 124 cm³/mol. The molecule has 7 heteroatoms. The average molecular weight is 453 g/mol. The van der Waals surface area contributed by atoms with Crippen molar-refractivity contribution < 1.29 is 28.6 Å². The number of nitrogens with zero attached hydrogens (tertiary/aromatic N) is 1. The van der Waals surface area contributed by atoms with Crippen molar-refractivity contribution in [1.82, 2.24) is 0 Å². The molecule has 1 aromatic heterocycles. The van der Waals surface area contributed by atoms with Crippen molar-refractivity contribution in [1.29, 1.82) is 0 Å². The highest BCUT2D eigenvalue weighted by Crippen LogP contribution is 2.45. The second-order valence-corrected chi connectivity index (χ2v) is 8.27. The Morgan fingerprint density at radius 2 is 1.79 bits per heavy atom. The Labute approximate surface area is 194 Å². The van der Waals surface area contributed by atoms with Gasteiger partial charge in [0.1, 0.15) is 5.58 Å². The van der Waals surface area contributed by atoms with Gasteiger partial charge in [-0.2, -0.15) is 0 Å². The first-order valence-corrected chi connectivity index (χ1v) is 10.8. The van der Waals surface area contributed by atoms with Crippen LogP contribution in [0.15, 0.2) is 88.5 Å². The Kier molecular flexibility index (Phi) is 4.45. The number of ether oxygens (including phenoxy) is 2. The summed E-state index contributed by atoms with van der Waals surface area (Å²) < 4.78 is 16.6. The molecule has 4 aromatic rings. The zero-order chi connectivity index (χ0) is 23.4. The Hall–Kier alpha value is -4.52. The fourth-order valence-electron chi connectivity index (χ4n) is 4.52. The number of anilines is 1. The minimum atomic E-state index is -0.853. The molecule has 1 unspecified atom stereocenters. The molecule has 0 fully saturated rings. The summed E-state index contributed by atoms with van der Waals surface area (Å²) in [6.07, 6.45) is 0. The van der Waals surface area contributed by atoms with E-state index in [1.54, 1.807) is 30.3 Å². The maximum Gasteiger partial charge on any atom is 0.294 e. The van der Waals surface area contributed by atoms with Crippen LogP contribution in [0.1, 0.15) is 27.7 Å². The maximum atomic E-state index is 13.7. The van der Waals surface area contributed by atoms with Crippen LogP contribution in [0.3, 0.4) is 0 Å². The van der Waals surface area contributed by atoms with Gasteiger partial charge in [0.15, 0.2) is 23.0 Å². The second kappa shape index (κ2) is 7.52. The van der Waals surface area contributed by atoms with E-state index in [1.807, 2.05) is 49.4 Å². The minimum absolute atomic E-state index is 0.0349. The number of aliphatic hydroxyl groups excluding tert-OH is 1. The molecule has 2 aliphatic heterocycles. The second-order valence-electron chi connectivity index (χ2n) is 8.27. The number of carbonyl (C=O) groups excluding carboxylic acids is 2. The van der Waals surface area contributed by atoms with Gasteiger partial charge >= 0.3 is 0 Å². The number of amides is 1. The van der Waals surface area contributed by atoms with Crippen molar-refractivity contribution in [2.24, 2.45) is 0 Å². The van der Waals surface area contributed by atoms with Gasteiger partial charge in [0.05, 0.1) is 11.6 Å². The Morgan fingerprint density at radius 3 is 2.62 bits per heavy atom. The normalized spacial score (nSPS) is 17.1. The van der Waals surface area contributed by atoms with Crippen LogP contribution in [0.2, 0.25) is 0 Å². The first kappa shape index (κ1) is 20.1. The molecule has 0 bridgehead atoms. The van der Waals surface area contributed by atoms with E-state index in [4.69, 9.17) is 13.9 Å². The molecule has 3 heterocycles. The van der Waals surface area contributed by atoms with Crippen molar-refractivity contribution in [3.05, 3.63) is 101 Å². The van der Waals surface area contributed by atoms with Gasteiger partial charge in [-0.1, -0.05) is 48.0 Å². The van der Waals surface area contributed by atoms with Crippen LogP contribution in [0.4, 0.5) is 5.69 Å². The standard InChI is InChI=1S/C27H19NO6/c1-15-5-4-7-17(11-15)24-23(25(29)22-12-16-6-2-3-8-19(16)34-22)26(30)27(31)28(24)18-9-10-20-21(13-18)33-14-32-20/h2-13,24,30H,14H2,1H3. The van der Waals surface area contributed by atoms with Gasteiger partial charge in [-0.25, -0.2) is 0 Å². The molecule has 2 aliphatic rings. The van der Waals surface area contributed by atoms with Gasteiger partial charge in [-0.3, -0.25) is 14.5 Å². The van der Waals surface area contributed by atoms with E-state index in [1.165, 1.54) is 4.90 Å². The van der Waals surface area contributed by atoms with Crippen LogP contribution in [0, 0.1) is 6.92 Å². The number of carbonyl (C=O) groups is 2. The average Bonchev–Trinajstić information content (AvgIpc) is 3.55. The lowest BCUT2D eigenvalue weighted by molar-refractivity contribution is -0.117. The van der Waals surface area contributed by atoms with Gasteiger partial charge in [0.25, 0.3) is 5.91 Å².